The Hall–Kier alpha value is -2.32. The lowest BCUT2D eigenvalue weighted by molar-refractivity contribution is -0.139. The molecule has 1 heterocycles. The zero-order valence-electron chi connectivity index (χ0n) is 13.5. The van der Waals surface area contributed by atoms with Crippen LogP contribution in [-0.2, 0) is 14.3 Å². The number of ether oxygens (including phenoxy) is 2. The number of fused-ring (bicyclic) bond motifs is 1. The number of anilines is 1. The predicted octanol–water partition coefficient (Wildman–Crippen LogP) is 3.30. The topological polar surface area (TPSA) is 81.7 Å². The van der Waals surface area contributed by atoms with Gasteiger partial charge in [-0.1, -0.05) is 15.9 Å². The van der Waals surface area contributed by atoms with Crippen LogP contribution in [0.25, 0.3) is 0 Å². The molecule has 8 heteroatoms. The van der Waals surface area contributed by atoms with Crippen molar-refractivity contribution >= 4 is 51.0 Å². The number of thioether (sulfide) groups is 1. The van der Waals surface area contributed by atoms with E-state index in [2.05, 4.69) is 21.2 Å². The zero-order valence-corrected chi connectivity index (χ0v) is 15.9. The zero-order chi connectivity index (χ0) is 18.5. The van der Waals surface area contributed by atoms with Gasteiger partial charge in [0.05, 0.1) is 11.4 Å². The summed E-state index contributed by atoms with van der Waals surface area (Å²) in [5, 5.41) is 2.63. The van der Waals surface area contributed by atoms with Crippen molar-refractivity contribution in [2.45, 2.75) is 4.90 Å². The second kappa shape index (κ2) is 8.37. The van der Waals surface area contributed by atoms with E-state index in [1.807, 2.05) is 24.3 Å². The van der Waals surface area contributed by atoms with Crippen LogP contribution in [0.4, 0.5) is 5.69 Å². The fraction of sp³-hybridized carbons (Fsp3) is 0.167. The Morgan fingerprint density at radius 3 is 2.73 bits per heavy atom. The molecule has 1 N–H and O–H groups in total. The third-order valence-corrected chi connectivity index (χ3v) is 4.98. The van der Waals surface area contributed by atoms with E-state index in [1.54, 1.807) is 12.1 Å². The SMILES string of the molecule is O=C1COc2ccc(C(=O)COC(=O)CSc3ccc(Br)cc3)cc2N1. The first-order valence-corrected chi connectivity index (χ1v) is 9.43. The maximum atomic E-state index is 12.2. The number of carbonyl (C=O) groups excluding carboxylic acids is 3. The van der Waals surface area contributed by atoms with Crippen molar-refractivity contribution in [3.8, 4) is 5.75 Å². The smallest absolute Gasteiger partial charge is 0.316 e. The van der Waals surface area contributed by atoms with E-state index in [0.717, 1.165) is 9.37 Å². The minimum atomic E-state index is -0.471. The molecule has 0 bridgehead atoms. The van der Waals surface area contributed by atoms with Crippen LogP contribution in [0.1, 0.15) is 10.4 Å². The summed E-state index contributed by atoms with van der Waals surface area (Å²) in [5.74, 6) is -0.485. The molecule has 134 valence electrons. The molecule has 1 amide bonds. The maximum absolute atomic E-state index is 12.2. The van der Waals surface area contributed by atoms with E-state index in [9.17, 15) is 14.4 Å². The van der Waals surface area contributed by atoms with Gasteiger partial charge < -0.3 is 14.8 Å². The van der Waals surface area contributed by atoms with Gasteiger partial charge in [0, 0.05) is 14.9 Å². The third-order valence-electron chi connectivity index (χ3n) is 3.47. The van der Waals surface area contributed by atoms with Crippen molar-refractivity contribution in [2.24, 2.45) is 0 Å². The largest absolute Gasteiger partial charge is 0.482 e. The van der Waals surface area contributed by atoms with E-state index in [4.69, 9.17) is 9.47 Å². The summed E-state index contributed by atoms with van der Waals surface area (Å²) in [6.45, 7) is -0.402. The van der Waals surface area contributed by atoms with Gasteiger partial charge in [-0.25, -0.2) is 0 Å². The van der Waals surface area contributed by atoms with Gasteiger partial charge in [0.15, 0.2) is 19.0 Å². The average molecular weight is 436 g/mol. The highest BCUT2D eigenvalue weighted by molar-refractivity contribution is 9.10. The molecule has 2 aromatic rings. The molecule has 0 fully saturated rings. The Morgan fingerprint density at radius 2 is 1.96 bits per heavy atom. The first-order valence-electron chi connectivity index (χ1n) is 7.65. The van der Waals surface area contributed by atoms with Gasteiger partial charge in [0.2, 0.25) is 0 Å². The van der Waals surface area contributed by atoms with Crippen LogP contribution in [0, 0.1) is 0 Å². The number of amides is 1. The van der Waals surface area contributed by atoms with Crippen molar-refractivity contribution in [1.82, 2.24) is 0 Å². The predicted molar refractivity (Wildman–Crippen MR) is 101 cm³/mol. The molecule has 1 aliphatic rings. The van der Waals surface area contributed by atoms with Crippen LogP contribution in [0.5, 0.6) is 5.75 Å². The molecule has 0 saturated carbocycles. The number of carbonyl (C=O) groups is 3. The highest BCUT2D eigenvalue weighted by Crippen LogP contribution is 2.28. The standard InChI is InChI=1S/C18H14BrNO5S/c19-12-2-4-13(5-3-12)26-10-18(23)25-8-15(21)11-1-6-16-14(7-11)20-17(22)9-24-16/h1-7H,8-10H2,(H,20,22). The van der Waals surface area contributed by atoms with Gasteiger partial charge in [-0.05, 0) is 42.5 Å². The lowest BCUT2D eigenvalue weighted by Gasteiger charge is -2.18. The molecule has 0 unspecified atom stereocenters. The molecule has 6 nitrogen and oxygen atoms in total. The number of nitrogens with one attached hydrogen (secondary N) is 1. The summed E-state index contributed by atoms with van der Waals surface area (Å²) in [5.41, 5.74) is 0.770. The second-order valence-corrected chi connectivity index (χ2v) is 7.34. The number of Topliss-reactive ketones (excluding diaryl/α,β-unsaturated/α-hetero) is 1. The average Bonchev–Trinajstić information content (AvgIpc) is 2.65. The van der Waals surface area contributed by atoms with Crippen molar-refractivity contribution in [3.05, 3.63) is 52.5 Å². The van der Waals surface area contributed by atoms with E-state index in [0.29, 0.717) is 17.0 Å². The number of rotatable bonds is 6. The number of hydrogen-bond acceptors (Lipinski definition) is 6. The van der Waals surface area contributed by atoms with Gasteiger partial charge >= 0.3 is 5.97 Å². The molecule has 0 aromatic heterocycles. The van der Waals surface area contributed by atoms with Crippen molar-refractivity contribution in [1.29, 1.82) is 0 Å². The first kappa shape index (κ1) is 18.5. The monoisotopic (exact) mass is 435 g/mol. The molecule has 0 radical (unpaired) electrons. The van der Waals surface area contributed by atoms with Crippen molar-refractivity contribution in [3.63, 3.8) is 0 Å². The number of benzene rings is 2. The Bertz CT molecular complexity index is 853. The van der Waals surface area contributed by atoms with Crippen LogP contribution >= 0.6 is 27.7 Å². The molecular formula is C18H14BrNO5S. The van der Waals surface area contributed by atoms with E-state index < -0.39 is 5.97 Å². The maximum Gasteiger partial charge on any atom is 0.316 e. The van der Waals surface area contributed by atoms with Crippen LogP contribution in [0.2, 0.25) is 0 Å². The van der Waals surface area contributed by atoms with Crippen LogP contribution in [-0.4, -0.2) is 36.6 Å². The Kier molecular flexibility index (Phi) is 5.95. The minimum Gasteiger partial charge on any atom is -0.482 e. The summed E-state index contributed by atoms with van der Waals surface area (Å²) in [4.78, 5) is 36.3. The molecular weight excluding hydrogens is 422 g/mol. The quantitative estimate of drug-likeness (QED) is 0.425. The van der Waals surface area contributed by atoms with E-state index >= 15 is 0 Å². The fourth-order valence-electron chi connectivity index (χ4n) is 2.20. The molecule has 26 heavy (non-hydrogen) atoms. The minimum absolute atomic E-state index is 0.0477. The molecule has 0 atom stereocenters. The van der Waals surface area contributed by atoms with Gasteiger partial charge in [0.1, 0.15) is 5.75 Å². The molecule has 1 aliphatic heterocycles. The fourth-order valence-corrected chi connectivity index (χ4v) is 3.16. The summed E-state index contributed by atoms with van der Waals surface area (Å²) in [7, 11) is 0. The second-order valence-electron chi connectivity index (χ2n) is 5.37. The third kappa shape index (κ3) is 4.86. The van der Waals surface area contributed by atoms with Crippen molar-refractivity contribution < 1.29 is 23.9 Å². The molecule has 0 aliphatic carbocycles. The van der Waals surface area contributed by atoms with Gasteiger partial charge in [-0.15, -0.1) is 11.8 Å². The molecule has 0 saturated heterocycles. The van der Waals surface area contributed by atoms with E-state index in [-0.39, 0.29) is 30.7 Å². The Labute approximate surface area is 162 Å². The Balaban J connectivity index is 1.50. The summed E-state index contributed by atoms with van der Waals surface area (Å²) < 4.78 is 11.2. The Morgan fingerprint density at radius 1 is 1.19 bits per heavy atom. The highest BCUT2D eigenvalue weighted by Gasteiger charge is 2.18. The number of hydrogen-bond donors (Lipinski definition) is 1. The van der Waals surface area contributed by atoms with Crippen LogP contribution in [0.15, 0.2) is 51.8 Å². The van der Waals surface area contributed by atoms with Gasteiger partial charge in [-0.3, -0.25) is 14.4 Å². The van der Waals surface area contributed by atoms with Crippen LogP contribution in [0.3, 0.4) is 0 Å². The molecule has 3 rings (SSSR count). The highest BCUT2D eigenvalue weighted by atomic mass is 79.9. The van der Waals surface area contributed by atoms with Crippen molar-refractivity contribution in [2.75, 3.05) is 24.3 Å². The van der Waals surface area contributed by atoms with Gasteiger partial charge in [0.25, 0.3) is 5.91 Å². The summed E-state index contributed by atoms with van der Waals surface area (Å²) in [6, 6.07) is 12.2. The van der Waals surface area contributed by atoms with Gasteiger partial charge in [-0.2, -0.15) is 0 Å². The molecule has 2 aromatic carbocycles. The summed E-state index contributed by atoms with van der Waals surface area (Å²) in [6.07, 6.45) is 0. The van der Waals surface area contributed by atoms with Crippen LogP contribution < -0.4 is 10.1 Å². The first-order chi connectivity index (χ1) is 12.5. The number of ketones is 1. The van der Waals surface area contributed by atoms with E-state index in [1.165, 1.54) is 17.8 Å². The lowest BCUT2D eigenvalue weighted by Crippen LogP contribution is -2.25. The lowest BCUT2D eigenvalue weighted by atomic mass is 10.1. The number of esters is 1. The normalized spacial score (nSPS) is 12.6. The summed E-state index contributed by atoms with van der Waals surface area (Å²) >= 11 is 4.68. The number of halogens is 1. The molecule has 0 spiro atoms.